The molecule has 0 bridgehead atoms. The van der Waals surface area contributed by atoms with E-state index in [0.717, 1.165) is 13.1 Å². The van der Waals surface area contributed by atoms with Gasteiger partial charge in [0.1, 0.15) is 0 Å². The molecule has 1 aliphatic rings. The molecule has 0 radical (unpaired) electrons. The van der Waals surface area contributed by atoms with Crippen molar-refractivity contribution in [2.45, 2.75) is 11.8 Å². The minimum absolute atomic E-state index is 0.0756. The van der Waals surface area contributed by atoms with E-state index in [2.05, 4.69) is 0 Å². The van der Waals surface area contributed by atoms with Gasteiger partial charge in [-0.3, -0.25) is 4.79 Å². The van der Waals surface area contributed by atoms with Crippen LogP contribution < -0.4 is 10.9 Å². The molecule has 112 valence electrons. The molecular formula is C12H19N3O4S. The van der Waals surface area contributed by atoms with Gasteiger partial charge in [0.25, 0.3) is 0 Å². The lowest BCUT2D eigenvalue weighted by Gasteiger charge is -2.25. The average molecular weight is 301 g/mol. The Balaban J connectivity index is 0.000000204. The molecule has 7 nitrogen and oxygen atoms in total. The van der Waals surface area contributed by atoms with Crippen molar-refractivity contribution in [2.24, 2.45) is 5.14 Å². The van der Waals surface area contributed by atoms with Crippen LogP contribution in [0.2, 0.25) is 0 Å². The van der Waals surface area contributed by atoms with Crippen molar-refractivity contribution in [1.82, 2.24) is 4.90 Å². The number of benzene rings is 1. The number of sulfonamides is 1. The topological polar surface area (TPSA) is 116 Å². The molecule has 0 unspecified atom stereocenters. The number of carbonyl (C=O) groups is 1. The zero-order valence-corrected chi connectivity index (χ0v) is 12.1. The normalized spacial score (nSPS) is 15.2. The predicted octanol–water partition coefficient (Wildman–Crippen LogP) is -0.219. The molecule has 1 aromatic carbocycles. The summed E-state index contributed by atoms with van der Waals surface area (Å²) < 4.78 is 26.4. The van der Waals surface area contributed by atoms with Crippen LogP contribution in [0.3, 0.4) is 0 Å². The van der Waals surface area contributed by atoms with Gasteiger partial charge in [-0.25, -0.2) is 13.6 Å². The summed E-state index contributed by atoms with van der Waals surface area (Å²) in [5.41, 5.74) is 5.85. The van der Waals surface area contributed by atoms with E-state index in [4.69, 9.17) is 15.6 Å². The number of hydrogen-bond donors (Lipinski definition) is 2. The lowest BCUT2D eigenvalue weighted by Crippen LogP contribution is -2.39. The van der Waals surface area contributed by atoms with E-state index in [1.807, 2.05) is 0 Å². The first-order chi connectivity index (χ1) is 9.30. The lowest BCUT2D eigenvalue weighted by molar-refractivity contribution is -0.132. The summed E-state index contributed by atoms with van der Waals surface area (Å²) in [7, 11) is -3.58. The number of carbonyl (C=O) groups excluding carboxylic acids is 1. The zero-order chi connectivity index (χ0) is 15.2. The molecule has 0 saturated carbocycles. The summed E-state index contributed by atoms with van der Waals surface area (Å²) in [5, 5.41) is 4.84. The van der Waals surface area contributed by atoms with Crippen LogP contribution in [0.1, 0.15) is 6.92 Å². The van der Waals surface area contributed by atoms with Gasteiger partial charge in [0.2, 0.25) is 15.9 Å². The third kappa shape index (κ3) is 5.55. The Hall–Kier alpha value is -1.64. The second kappa shape index (κ2) is 7.22. The van der Waals surface area contributed by atoms with Gasteiger partial charge in [-0.15, -0.1) is 0 Å². The van der Waals surface area contributed by atoms with E-state index in [1.54, 1.807) is 11.8 Å². The van der Waals surface area contributed by atoms with E-state index in [1.165, 1.54) is 24.3 Å². The standard InChI is InChI=1S/C6H8N2O2S.C6H11NO2/c7-5-1-3-6(4-2-5)11(8,9)10;1-6(8)7-2-4-9-5-3-7/h1-4H,7H2,(H2,8,9,10);2-5H2,1H3. The molecular weight excluding hydrogens is 282 g/mol. The third-order valence-electron chi connectivity index (χ3n) is 2.67. The molecule has 1 fully saturated rings. The van der Waals surface area contributed by atoms with Gasteiger partial charge >= 0.3 is 0 Å². The number of ether oxygens (including phenoxy) is 1. The second-order valence-corrected chi connectivity index (χ2v) is 5.79. The van der Waals surface area contributed by atoms with Gasteiger partial charge in [0.05, 0.1) is 18.1 Å². The van der Waals surface area contributed by atoms with Crippen LogP contribution in [0.25, 0.3) is 0 Å². The number of hydrogen-bond acceptors (Lipinski definition) is 5. The maximum atomic E-state index is 10.7. The van der Waals surface area contributed by atoms with Crippen molar-refractivity contribution < 1.29 is 17.9 Å². The largest absolute Gasteiger partial charge is 0.399 e. The second-order valence-electron chi connectivity index (χ2n) is 4.23. The smallest absolute Gasteiger partial charge is 0.238 e. The monoisotopic (exact) mass is 301 g/mol. The number of rotatable bonds is 1. The summed E-state index contributed by atoms with van der Waals surface area (Å²) in [6.07, 6.45) is 0. The molecule has 4 N–H and O–H groups in total. The highest BCUT2D eigenvalue weighted by Crippen LogP contribution is 2.08. The first-order valence-electron chi connectivity index (χ1n) is 6.02. The van der Waals surface area contributed by atoms with Gasteiger partial charge < -0.3 is 15.4 Å². The summed E-state index contributed by atoms with van der Waals surface area (Å²) in [5.74, 6) is 0.151. The number of nitrogens with two attached hydrogens (primary N) is 2. The Bertz CT molecular complexity index is 536. The van der Waals surface area contributed by atoms with Crippen molar-refractivity contribution >= 4 is 21.6 Å². The van der Waals surface area contributed by atoms with Crippen molar-refractivity contribution in [3.05, 3.63) is 24.3 Å². The van der Waals surface area contributed by atoms with Crippen LogP contribution in [-0.2, 0) is 19.6 Å². The van der Waals surface area contributed by atoms with Crippen LogP contribution >= 0.6 is 0 Å². The molecule has 1 aliphatic heterocycles. The molecule has 0 aromatic heterocycles. The fourth-order valence-corrected chi connectivity index (χ4v) is 2.05. The summed E-state index contributed by atoms with van der Waals surface area (Å²) in [6.45, 7) is 4.50. The van der Waals surface area contributed by atoms with Crippen LogP contribution in [0.5, 0.6) is 0 Å². The van der Waals surface area contributed by atoms with Crippen LogP contribution in [0, 0.1) is 0 Å². The van der Waals surface area contributed by atoms with E-state index < -0.39 is 10.0 Å². The predicted molar refractivity (Wildman–Crippen MR) is 75.3 cm³/mol. The van der Waals surface area contributed by atoms with Crippen LogP contribution in [0.15, 0.2) is 29.2 Å². The zero-order valence-electron chi connectivity index (χ0n) is 11.3. The maximum absolute atomic E-state index is 10.7. The lowest BCUT2D eigenvalue weighted by atomic mass is 10.3. The van der Waals surface area contributed by atoms with Crippen LogP contribution in [-0.4, -0.2) is 45.5 Å². The number of anilines is 1. The van der Waals surface area contributed by atoms with Gasteiger partial charge in [-0.2, -0.15) is 0 Å². The Morgan fingerprint density at radius 1 is 1.20 bits per heavy atom. The van der Waals surface area contributed by atoms with E-state index in [-0.39, 0.29) is 10.8 Å². The Morgan fingerprint density at radius 3 is 2.05 bits per heavy atom. The number of morpholine rings is 1. The molecule has 1 aromatic rings. The summed E-state index contributed by atoms with van der Waals surface area (Å²) >= 11 is 0. The number of nitrogens with zero attached hydrogens (tertiary/aromatic N) is 1. The first kappa shape index (κ1) is 16.4. The van der Waals surface area contributed by atoms with E-state index >= 15 is 0 Å². The maximum Gasteiger partial charge on any atom is 0.238 e. The highest BCUT2D eigenvalue weighted by molar-refractivity contribution is 7.89. The Kier molecular flexibility index (Phi) is 5.93. The van der Waals surface area contributed by atoms with Gasteiger partial charge in [-0.05, 0) is 24.3 Å². The minimum atomic E-state index is -3.58. The molecule has 1 saturated heterocycles. The van der Waals surface area contributed by atoms with Crippen molar-refractivity contribution in [3.8, 4) is 0 Å². The van der Waals surface area contributed by atoms with Crippen molar-refractivity contribution in [1.29, 1.82) is 0 Å². The fraction of sp³-hybridized carbons (Fsp3) is 0.417. The minimum Gasteiger partial charge on any atom is -0.399 e. The molecule has 0 atom stereocenters. The van der Waals surface area contributed by atoms with E-state index in [9.17, 15) is 13.2 Å². The van der Waals surface area contributed by atoms with Gasteiger partial charge in [-0.1, -0.05) is 0 Å². The summed E-state index contributed by atoms with van der Waals surface area (Å²) in [6, 6.07) is 5.70. The molecule has 1 heterocycles. The number of amides is 1. The van der Waals surface area contributed by atoms with E-state index in [0.29, 0.717) is 18.9 Å². The summed E-state index contributed by atoms with van der Waals surface area (Å²) in [4.78, 5) is 12.5. The third-order valence-corrected chi connectivity index (χ3v) is 3.59. The number of nitrogen functional groups attached to an aromatic ring is 1. The highest BCUT2D eigenvalue weighted by Gasteiger charge is 2.11. The first-order valence-corrected chi connectivity index (χ1v) is 7.57. The average Bonchev–Trinajstić information content (AvgIpc) is 2.40. The molecule has 1 amide bonds. The Labute approximate surface area is 118 Å². The highest BCUT2D eigenvalue weighted by atomic mass is 32.2. The molecule has 2 rings (SSSR count). The quantitative estimate of drug-likeness (QED) is 0.696. The van der Waals surface area contributed by atoms with Crippen molar-refractivity contribution in [3.63, 3.8) is 0 Å². The SMILES string of the molecule is CC(=O)N1CCOCC1.Nc1ccc(S(N)(=O)=O)cc1. The van der Waals surface area contributed by atoms with Gasteiger partial charge in [0, 0.05) is 25.7 Å². The van der Waals surface area contributed by atoms with Crippen molar-refractivity contribution in [2.75, 3.05) is 32.0 Å². The molecule has 0 spiro atoms. The molecule has 8 heteroatoms. The van der Waals surface area contributed by atoms with Gasteiger partial charge in [0.15, 0.2) is 0 Å². The van der Waals surface area contributed by atoms with Crippen LogP contribution in [0.4, 0.5) is 5.69 Å². The number of primary sulfonamides is 1. The Morgan fingerprint density at radius 2 is 1.70 bits per heavy atom. The fourth-order valence-electron chi connectivity index (χ4n) is 1.54. The molecule has 0 aliphatic carbocycles. The molecule has 20 heavy (non-hydrogen) atoms.